The van der Waals surface area contributed by atoms with Crippen molar-refractivity contribution < 1.29 is 23.9 Å². The smallest absolute Gasteiger partial charge is 0.306 e. The highest BCUT2D eigenvalue weighted by Gasteiger charge is 2.10. The van der Waals surface area contributed by atoms with Crippen molar-refractivity contribution in [2.75, 3.05) is 19.0 Å². The van der Waals surface area contributed by atoms with Crippen LogP contribution < -0.4 is 10.1 Å². The van der Waals surface area contributed by atoms with Gasteiger partial charge in [-0.2, -0.15) is 0 Å². The van der Waals surface area contributed by atoms with Crippen LogP contribution in [0.25, 0.3) is 0 Å². The van der Waals surface area contributed by atoms with Gasteiger partial charge >= 0.3 is 5.97 Å². The Morgan fingerprint density at radius 2 is 1.81 bits per heavy atom. The number of rotatable bonds is 8. The molecule has 6 heteroatoms. The Bertz CT molecular complexity index is 800. The van der Waals surface area contributed by atoms with E-state index in [2.05, 4.69) is 5.32 Å². The highest BCUT2D eigenvalue weighted by Crippen LogP contribution is 2.19. The van der Waals surface area contributed by atoms with Gasteiger partial charge < -0.3 is 14.8 Å². The lowest BCUT2D eigenvalue weighted by Gasteiger charge is -2.09. The van der Waals surface area contributed by atoms with Gasteiger partial charge in [-0.3, -0.25) is 14.4 Å². The third kappa shape index (κ3) is 5.73. The van der Waals surface area contributed by atoms with Gasteiger partial charge in [0.1, 0.15) is 5.75 Å². The fraction of sp³-hybridized carbons (Fsp3) is 0.250. The minimum Gasteiger partial charge on any atom is -0.496 e. The Morgan fingerprint density at radius 3 is 2.54 bits per heavy atom. The summed E-state index contributed by atoms with van der Waals surface area (Å²) < 4.78 is 10.2. The summed E-state index contributed by atoms with van der Waals surface area (Å²) >= 11 is 0. The van der Waals surface area contributed by atoms with Crippen molar-refractivity contribution in [3.8, 4) is 5.75 Å². The predicted molar refractivity (Wildman–Crippen MR) is 97.4 cm³/mol. The lowest BCUT2D eigenvalue weighted by molar-refractivity contribution is -0.147. The Kier molecular flexibility index (Phi) is 6.91. The van der Waals surface area contributed by atoms with E-state index in [1.54, 1.807) is 31.4 Å². The number of anilines is 1. The summed E-state index contributed by atoms with van der Waals surface area (Å²) in [5.74, 6) is -0.313. The van der Waals surface area contributed by atoms with Crippen molar-refractivity contribution in [3.05, 3.63) is 59.7 Å². The van der Waals surface area contributed by atoms with Crippen molar-refractivity contribution in [1.82, 2.24) is 0 Å². The number of esters is 1. The van der Waals surface area contributed by atoms with Crippen LogP contribution in [0, 0.1) is 0 Å². The molecule has 136 valence electrons. The van der Waals surface area contributed by atoms with Gasteiger partial charge in [0.05, 0.1) is 7.11 Å². The molecule has 2 aromatic rings. The molecule has 0 bridgehead atoms. The molecule has 0 aliphatic rings. The van der Waals surface area contributed by atoms with Crippen LogP contribution in [-0.2, 0) is 20.7 Å². The molecule has 0 aliphatic carbocycles. The molecule has 0 saturated heterocycles. The molecule has 0 saturated carbocycles. The topological polar surface area (TPSA) is 81.7 Å². The first-order valence-corrected chi connectivity index (χ1v) is 8.18. The van der Waals surface area contributed by atoms with E-state index in [1.807, 2.05) is 24.3 Å². The average molecular weight is 355 g/mol. The zero-order chi connectivity index (χ0) is 18.9. The van der Waals surface area contributed by atoms with Gasteiger partial charge in [-0.1, -0.05) is 30.3 Å². The number of para-hydroxylation sites is 1. The van der Waals surface area contributed by atoms with Gasteiger partial charge in [-0.25, -0.2) is 0 Å². The van der Waals surface area contributed by atoms with Crippen molar-refractivity contribution >= 4 is 23.3 Å². The van der Waals surface area contributed by atoms with Crippen LogP contribution in [0.3, 0.4) is 0 Å². The van der Waals surface area contributed by atoms with Crippen LogP contribution >= 0.6 is 0 Å². The molecule has 0 spiro atoms. The van der Waals surface area contributed by atoms with Crippen LogP contribution in [0.2, 0.25) is 0 Å². The number of ether oxygens (including phenoxy) is 2. The summed E-state index contributed by atoms with van der Waals surface area (Å²) in [7, 11) is 1.57. The molecule has 6 nitrogen and oxygen atoms in total. The fourth-order valence-corrected chi connectivity index (χ4v) is 2.38. The number of hydrogen-bond acceptors (Lipinski definition) is 5. The molecule has 0 aliphatic heterocycles. The molecule has 0 unspecified atom stereocenters. The van der Waals surface area contributed by atoms with E-state index in [-0.39, 0.29) is 18.8 Å². The van der Waals surface area contributed by atoms with Gasteiger partial charge in [-0.15, -0.1) is 0 Å². The highest BCUT2D eigenvalue weighted by molar-refractivity contribution is 5.97. The maximum Gasteiger partial charge on any atom is 0.306 e. The molecule has 0 heterocycles. The fourth-order valence-electron chi connectivity index (χ4n) is 2.38. The molecule has 0 aromatic heterocycles. The Labute approximate surface area is 152 Å². The van der Waals surface area contributed by atoms with Gasteiger partial charge in [0.15, 0.2) is 12.4 Å². The lowest BCUT2D eigenvalue weighted by atomic mass is 10.1. The van der Waals surface area contributed by atoms with Gasteiger partial charge in [0, 0.05) is 17.7 Å². The number of methoxy groups -OCH3 is 1. The first-order chi connectivity index (χ1) is 12.5. The zero-order valence-electron chi connectivity index (χ0n) is 14.8. The molecule has 2 aromatic carbocycles. The number of aryl methyl sites for hydroxylation is 1. The Balaban J connectivity index is 1.79. The van der Waals surface area contributed by atoms with Gasteiger partial charge in [0.25, 0.3) is 5.91 Å². The standard InChI is InChI=1S/C20H21NO5/c1-14(22)16-7-5-8-17(12-16)21-19(23)13-26-20(24)11-10-15-6-3-4-9-18(15)25-2/h3-9,12H,10-11,13H2,1-2H3,(H,21,23). The number of carbonyl (C=O) groups excluding carboxylic acids is 3. The molecular weight excluding hydrogens is 334 g/mol. The van der Waals surface area contributed by atoms with E-state index >= 15 is 0 Å². The van der Waals surface area contributed by atoms with E-state index < -0.39 is 11.9 Å². The summed E-state index contributed by atoms with van der Waals surface area (Å²) in [5, 5.41) is 2.60. The van der Waals surface area contributed by atoms with Crippen LogP contribution in [0.5, 0.6) is 5.75 Å². The number of benzene rings is 2. The lowest BCUT2D eigenvalue weighted by Crippen LogP contribution is -2.21. The van der Waals surface area contributed by atoms with Crippen molar-refractivity contribution in [2.24, 2.45) is 0 Å². The highest BCUT2D eigenvalue weighted by atomic mass is 16.5. The van der Waals surface area contributed by atoms with E-state index in [9.17, 15) is 14.4 Å². The number of Topliss-reactive ketones (excluding diaryl/α,β-unsaturated/α-hetero) is 1. The van der Waals surface area contributed by atoms with Gasteiger partial charge in [0.2, 0.25) is 0 Å². The maximum atomic E-state index is 11.9. The minimum absolute atomic E-state index is 0.0936. The molecule has 0 radical (unpaired) electrons. The third-order valence-electron chi connectivity index (χ3n) is 3.71. The monoisotopic (exact) mass is 355 g/mol. The van der Waals surface area contributed by atoms with Crippen LogP contribution in [0.15, 0.2) is 48.5 Å². The summed E-state index contributed by atoms with van der Waals surface area (Å²) in [5.41, 5.74) is 1.88. The Morgan fingerprint density at radius 1 is 1.04 bits per heavy atom. The van der Waals surface area contributed by atoms with E-state index in [4.69, 9.17) is 9.47 Å². The number of amides is 1. The van der Waals surface area contributed by atoms with Crippen LogP contribution in [0.4, 0.5) is 5.69 Å². The maximum absolute atomic E-state index is 11.9. The molecule has 0 fully saturated rings. The summed E-state index contributed by atoms with van der Waals surface area (Å²) in [6, 6.07) is 14.0. The zero-order valence-corrected chi connectivity index (χ0v) is 14.8. The second kappa shape index (κ2) is 9.36. The summed E-state index contributed by atoms with van der Waals surface area (Å²) in [6.07, 6.45) is 0.610. The molecule has 2 rings (SSSR count). The minimum atomic E-state index is -0.469. The van der Waals surface area contributed by atoms with Crippen molar-refractivity contribution in [2.45, 2.75) is 19.8 Å². The second-order valence-corrected chi connectivity index (χ2v) is 5.66. The first-order valence-electron chi connectivity index (χ1n) is 8.18. The van der Waals surface area contributed by atoms with Crippen molar-refractivity contribution in [3.63, 3.8) is 0 Å². The number of ketones is 1. The molecule has 0 atom stereocenters. The second-order valence-electron chi connectivity index (χ2n) is 5.66. The van der Waals surface area contributed by atoms with E-state index in [0.717, 1.165) is 5.56 Å². The summed E-state index contributed by atoms with van der Waals surface area (Å²) in [4.78, 5) is 35.1. The molecule has 1 N–H and O–H groups in total. The number of carbonyl (C=O) groups is 3. The van der Waals surface area contributed by atoms with Crippen molar-refractivity contribution in [1.29, 1.82) is 0 Å². The van der Waals surface area contributed by atoms with E-state index in [0.29, 0.717) is 23.4 Å². The SMILES string of the molecule is COc1ccccc1CCC(=O)OCC(=O)Nc1cccc(C(C)=O)c1. The normalized spacial score (nSPS) is 10.1. The predicted octanol–water partition coefficient (Wildman–Crippen LogP) is 3.01. The first kappa shape index (κ1) is 19.2. The molecular formula is C20H21NO5. The van der Waals surface area contributed by atoms with Crippen LogP contribution in [0.1, 0.15) is 29.3 Å². The largest absolute Gasteiger partial charge is 0.496 e. The summed E-state index contributed by atoms with van der Waals surface area (Å²) in [6.45, 7) is 1.07. The Hall–Kier alpha value is -3.15. The third-order valence-corrected chi connectivity index (χ3v) is 3.71. The van der Waals surface area contributed by atoms with Crippen LogP contribution in [-0.4, -0.2) is 31.4 Å². The quantitative estimate of drug-likeness (QED) is 0.581. The van der Waals surface area contributed by atoms with E-state index in [1.165, 1.54) is 6.92 Å². The average Bonchev–Trinajstić information content (AvgIpc) is 2.65. The molecule has 1 amide bonds. The number of nitrogens with one attached hydrogen (secondary N) is 1. The van der Waals surface area contributed by atoms with Gasteiger partial charge in [-0.05, 0) is 37.1 Å². The number of hydrogen-bond donors (Lipinski definition) is 1. The molecule has 26 heavy (non-hydrogen) atoms.